The predicted octanol–water partition coefficient (Wildman–Crippen LogP) is 3.60. The normalized spacial score (nSPS) is 18.7. The van der Waals surface area contributed by atoms with Gasteiger partial charge in [0.05, 0.1) is 11.6 Å². The van der Waals surface area contributed by atoms with Crippen molar-refractivity contribution in [2.24, 2.45) is 0 Å². The van der Waals surface area contributed by atoms with Gasteiger partial charge in [0, 0.05) is 18.7 Å². The molecule has 1 fully saturated rings. The molecule has 1 N–H and O–H groups in total. The first-order chi connectivity index (χ1) is 13.7. The molecule has 0 radical (unpaired) electrons. The summed E-state index contributed by atoms with van der Waals surface area (Å²) in [6, 6.07) is 12.7. The van der Waals surface area contributed by atoms with E-state index in [-0.39, 0.29) is 11.3 Å². The molecule has 29 heavy (non-hydrogen) atoms. The molecule has 5 nitrogen and oxygen atoms in total. The summed E-state index contributed by atoms with van der Waals surface area (Å²) in [6.07, 6.45) is 0. The van der Waals surface area contributed by atoms with Crippen molar-refractivity contribution >= 4 is 17.4 Å². The van der Waals surface area contributed by atoms with Crippen molar-refractivity contribution in [2.45, 2.75) is 26.8 Å². The van der Waals surface area contributed by atoms with Crippen molar-refractivity contribution in [2.75, 3.05) is 27.2 Å². The van der Waals surface area contributed by atoms with Gasteiger partial charge in [-0.15, -0.1) is 0 Å². The number of rotatable bonds is 5. The van der Waals surface area contributed by atoms with E-state index in [0.717, 1.165) is 22.3 Å². The molecule has 152 valence electrons. The van der Waals surface area contributed by atoms with Crippen LogP contribution in [0.4, 0.5) is 0 Å². The summed E-state index contributed by atoms with van der Waals surface area (Å²) >= 11 is 0. The second-order valence-corrected chi connectivity index (χ2v) is 8.01. The molecule has 1 unspecified atom stereocenters. The van der Waals surface area contributed by atoms with Crippen molar-refractivity contribution in [1.82, 2.24) is 9.80 Å². The van der Waals surface area contributed by atoms with Crippen LogP contribution in [0.1, 0.15) is 33.9 Å². The number of hydrogen-bond donors (Lipinski definition) is 1. The Kier molecular flexibility index (Phi) is 5.89. The maximum absolute atomic E-state index is 13.0. The summed E-state index contributed by atoms with van der Waals surface area (Å²) in [5, 5.41) is 11.1. The van der Waals surface area contributed by atoms with Crippen LogP contribution in [0.5, 0.6) is 0 Å². The average molecular weight is 392 g/mol. The Hall–Kier alpha value is -2.92. The molecular formula is C24H28N2O3. The SMILES string of the molecule is Cc1cccc(C2/C(=C(/O)c3ccc(C)c(C)c3)C(=O)C(=O)N2CCN(C)C)c1. The highest BCUT2D eigenvalue weighted by Crippen LogP contribution is 2.39. The van der Waals surface area contributed by atoms with Gasteiger partial charge in [-0.3, -0.25) is 9.59 Å². The number of carbonyl (C=O) groups excluding carboxylic acids is 2. The predicted molar refractivity (Wildman–Crippen MR) is 115 cm³/mol. The van der Waals surface area contributed by atoms with E-state index in [4.69, 9.17) is 0 Å². The Labute approximate surface area is 172 Å². The zero-order valence-electron chi connectivity index (χ0n) is 17.7. The minimum absolute atomic E-state index is 0.120. The lowest BCUT2D eigenvalue weighted by Crippen LogP contribution is -2.35. The zero-order valence-corrected chi connectivity index (χ0v) is 17.7. The van der Waals surface area contributed by atoms with Crippen molar-refractivity contribution in [3.63, 3.8) is 0 Å². The fourth-order valence-electron chi connectivity index (χ4n) is 3.65. The number of likely N-dealkylation sites (tertiary alicyclic amines) is 1. The summed E-state index contributed by atoms with van der Waals surface area (Å²) in [5.41, 5.74) is 4.69. The maximum Gasteiger partial charge on any atom is 0.295 e. The molecule has 3 rings (SSSR count). The second kappa shape index (κ2) is 8.21. The molecule has 1 saturated heterocycles. The molecule has 5 heteroatoms. The van der Waals surface area contributed by atoms with Crippen LogP contribution in [0, 0.1) is 20.8 Å². The molecule has 0 saturated carbocycles. The second-order valence-electron chi connectivity index (χ2n) is 8.01. The smallest absolute Gasteiger partial charge is 0.295 e. The van der Waals surface area contributed by atoms with E-state index in [2.05, 4.69) is 0 Å². The highest BCUT2D eigenvalue weighted by Gasteiger charge is 2.45. The van der Waals surface area contributed by atoms with Gasteiger partial charge in [0.25, 0.3) is 11.7 Å². The van der Waals surface area contributed by atoms with E-state index in [1.54, 1.807) is 11.0 Å². The molecule has 1 amide bonds. The summed E-state index contributed by atoms with van der Waals surface area (Å²) in [5.74, 6) is -1.32. The molecule has 2 aromatic carbocycles. The van der Waals surface area contributed by atoms with Crippen LogP contribution in [0.2, 0.25) is 0 Å². The lowest BCUT2D eigenvalue weighted by atomic mass is 9.93. The number of hydrogen-bond acceptors (Lipinski definition) is 4. The maximum atomic E-state index is 13.0. The number of carbonyl (C=O) groups is 2. The van der Waals surface area contributed by atoms with Crippen molar-refractivity contribution in [3.05, 3.63) is 75.9 Å². The van der Waals surface area contributed by atoms with Crippen LogP contribution in [-0.2, 0) is 9.59 Å². The van der Waals surface area contributed by atoms with Gasteiger partial charge in [0.2, 0.25) is 0 Å². The number of nitrogens with zero attached hydrogens (tertiary/aromatic N) is 2. The lowest BCUT2D eigenvalue weighted by molar-refractivity contribution is -0.140. The van der Waals surface area contributed by atoms with Crippen molar-refractivity contribution in [3.8, 4) is 0 Å². The largest absolute Gasteiger partial charge is 0.507 e. The van der Waals surface area contributed by atoms with Crippen LogP contribution < -0.4 is 0 Å². The van der Waals surface area contributed by atoms with E-state index in [1.165, 1.54) is 0 Å². The van der Waals surface area contributed by atoms with Gasteiger partial charge < -0.3 is 14.9 Å². The Bertz CT molecular complexity index is 991. The van der Waals surface area contributed by atoms with Gasteiger partial charge in [-0.05, 0) is 57.6 Å². The minimum atomic E-state index is -0.633. The Balaban J connectivity index is 2.17. The number of aliphatic hydroxyl groups is 1. The number of likely N-dealkylation sites (N-methyl/N-ethyl adjacent to an activating group) is 1. The molecule has 1 aliphatic heterocycles. The number of benzene rings is 2. The molecule has 1 atom stereocenters. The van der Waals surface area contributed by atoms with Crippen LogP contribution in [0.3, 0.4) is 0 Å². The highest BCUT2D eigenvalue weighted by molar-refractivity contribution is 6.46. The Morgan fingerprint density at radius 3 is 2.38 bits per heavy atom. The van der Waals surface area contributed by atoms with E-state index in [0.29, 0.717) is 18.7 Å². The van der Waals surface area contributed by atoms with E-state index >= 15 is 0 Å². The van der Waals surface area contributed by atoms with Crippen LogP contribution >= 0.6 is 0 Å². The molecule has 2 aromatic rings. The first kappa shape index (κ1) is 20.8. The fourth-order valence-corrected chi connectivity index (χ4v) is 3.65. The molecule has 0 bridgehead atoms. The Morgan fingerprint density at radius 2 is 1.76 bits per heavy atom. The third-order valence-electron chi connectivity index (χ3n) is 5.47. The molecule has 1 heterocycles. The van der Waals surface area contributed by atoms with E-state index < -0.39 is 17.7 Å². The number of amides is 1. The molecular weight excluding hydrogens is 364 g/mol. The van der Waals surface area contributed by atoms with Crippen molar-refractivity contribution in [1.29, 1.82) is 0 Å². The first-order valence-electron chi connectivity index (χ1n) is 9.78. The standard InChI is InChI=1S/C24H28N2O3/c1-15-7-6-8-18(13-15)21-20(22(27)19-10-9-16(2)17(3)14-19)23(28)24(29)26(21)12-11-25(4)5/h6-10,13-14,21,27H,11-12H2,1-5H3/b22-20-. The number of aliphatic hydroxyl groups excluding tert-OH is 1. The van der Waals surface area contributed by atoms with Gasteiger partial charge >= 0.3 is 0 Å². The van der Waals surface area contributed by atoms with Crippen LogP contribution in [0.25, 0.3) is 5.76 Å². The average Bonchev–Trinajstić information content (AvgIpc) is 2.92. The van der Waals surface area contributed by atoms with E-state index in [9.17, 15) is 14.7 Å². The van der Waals surface area contributed by atoms with E-state index in [1.807, 2.05) is 76.2 Å². The van der Waals surface area contributed by atoms with Gasteiger partial charge in [-0.25, -0.2) is 0 Å². The van der Waals surface area contributed by atoms with Crippen molar-refractivity contribution < 1.29 is 14.7 Å². The molecule has 1 aliphatic rings. The molecule has 0 spiro atoms. The summed E-state index contributed by atoms with van der Waals surface area (Å²) < 4.78 is 0. The summed E-state index contributed by atoms with van der Waals surface area (Å²) in [4.78, 5) is 29.4. The molecule has 0 aliphatic carbocycles. The topological polar surface area (TPSA) is 60.9 Å². The number of ketones is 1. The number of aryl methyl sites for hydroxylation is 3. The minimum Gasteiger partial charge on any atom is -0.507 e. The monoisotopic (exact) mass is 392 g/mol. The van der Waals surface area contributed by atoms with Crippen LogP contribution in [0.15, 0.2) is 48.0 Å². The van der Waals surface area contributed by atoms with Gasteiger partial charge in [0.1, 0.15) is 5.76 Å². The van der Waals surface area contributed by atoms with Gasteiger partial charge in [-0.2, -0.15) is 0 Å². The van der Waals surface area contributed by atoms with Gasteiger partial charge in [0.15, 0.2) is 0 Å². The van der Waals surface area contributed by atoms with Gasteiger partial charge in [-0.1, -0.05) is 42.0 Å². The molecule has 0 aromatic heterocycles. The third-order valence-corrected chi connectivity index (χ3v) is 5.47. The third kappa shape index (κ3) is 4.10. The summed E-state index contributed by atoms with van der Waals surface area (Å²) in [6.45, 7) is 6.95. The van der Waals surface area contributed by atoms with Crippen LogP contribution in [-0.4, -0.2) is 53.8 Å². The lowest BCUT2D eigenvalue weighted by Gasteiger charge is -2.26. The highest BCUT2D eigenvalue weighted by atomic mass is 16.3. The zero-order chi connectivity index (χ0) is 21.3. The quantitative estimate of drug-likeness (QED) is 0.480. The fraction of sp³-hybridized carbons (Fsp3) is 0.333. The number of Topliss-reactive ketones (excluding diaryl/α,β-unsaturated/α-hetero) is 1. The Morgan fingerprint density at radius 1 is 1.03 bits per heavy atom. The summed E-state index contributed by atoms with van der Waals surface area (Å²) in [7, 11) is 3.85. The first-order valence-corrected chi connectivity index (χ1v) is 9.78.